The maximum absolute atomic E-state index is 13.0. The Kier molecular flexibility index (Phi) is 6.28. The highest BCUT2D eigenvalue weighted by molar-refractivity contribution is 5.78. The topological polar surface area (TPSA) is 144 Å². The van der Waals surface area contributed by atoms with E-state index in [4.69, 9.17) is 4.74 Å². The summed E-state index contributed by atoms with van der Waals surface area (Å²) >= 11 is 0. The number of Topliss-reactive ketones (excluding diaryl/α,β-unsaturated/α-hetero) is 1. The Hall–Kier alpha value is -4.61. The lowest BCUT2D eigenvalue weighted by molar-refractivity contribution is -0.133. The fourth-order valence-electron chi connectivity index (χ4n) is 4.90. The molecule has 1 aliphatic heterocycles. The van der Waals surface area contributed by atoms with Crippen LogP contribution in [-0.2, 0) is 41.9 Å². The van der Waals surface area contributed by atoms with E-state index < -0.39 is 0 Å². The number of hydrogen-bond donors (Lipinski definition) is 2. The van der Waals surface area contributed by atoms with Crippen LogP contribution in [0.4, 0.5) is 5.95 Å². The van der Waals surface area contributed by atoms with E-state index in [1.807, 2.05) is 0 Å². The second kappa shape index (κ2) is 10.0. The molecule has 0 radical (unpaired) electrons. The lowest BCUT2D eigenvalue weighted by atomic mass is 10.1. The van der Waals surface area contributed by atoms with Gasteiger partial charge >= 0.3 is 0 Å². The quantitative estimate of drug-likeness (QED) is 0.359. The molecule has 2 aliphatic rings. The number of hydrogen-bond acceptors (Lipinski definition) is 9. The van der Waals surface area contributed by atoms with Gasteiger partial charge in [-0.05, 0) is 30.9 Å². The molecule has 0 spiro atoms. The van der Waals surface area contributed by atoms with Crippen molar-refractivity contribution in [3.05, 3.63) is 65.4 Å². The first-order valence-corrected chi connectivity index (χ1v) is 12.5. The summed E-state index contributed by atoms with van der Waals surface area (Å²) in [6.07, 6.45) is 7.62. The van der Waals surface area contributed by atoms with Crippen LogP contribution in [0.1, 0.15) is 29.4 Å². The molecule has 0 unspecified atom stereocenters. The molecule has 0 saturated heterocycles. The number of H-pyrrole nitrogens is 1. The molecule has 4 heterocycles. The fourth-order valence-corrected chi connectivity index (χ4v) is 4.90. The zero-order valence-corrected chi connectivity index (χ0v) is 20.9. The Labute approximate surface area is 218 Å². The third kappa shape index (κ3) is 4.97. The number of carbonyl (C=O) groups is 2. The van der Waals surface area contributed by atoms with Crippen LogP contribution in [0.25, 0.3) is 11.1 Å². The Bertz CT molecular complexity index is 1450. The normalized spacial score (nSPS) is 14.7. The van der Waals surface area contributed by atoms with Crippen molar-refractivity contribution < 1.29 is 14.3 Å². The van der Waals surface area contributed by atoms with Gasteiger partial charge in [-0.1, -0.05) is 24.3 Å². The van der Waals surface area contributed by atoms with Crippen LogP contribution in [0.5, 0.6) is 5.88 Å². The van der Waals surface area contributed by atoms with Crippen LogP contribution >= 0.6 is 0 Å². The lowest BCUT2D eigenvalue weighted by Crippen LogP contribution is -2.38. The first-order chi connectivity index (χ1) is 18.5. The molecule has 0 bridgehead atoms. The van der Waals surface area contributed by atoms with Gasteiger partial charge < -0.3 is 15.0 Å². The number of amides is 1. The summed E-state index contributed by atoms with van der Waals surface area (Å²) in [7, 11) is 0. The number of aromatic nitrogens is 7. The average molecular weight is 514 g/mol. The summed E-state index contributed by atoms with van der Waals surface area (Å²) in [5, 5.41) is 18.7. The smallest absolute Gasteiger partial charge is 0.244 e. The minimum atomic E-state index is -0.133. The molecule has 0 atom stereocenters. The van der Waals surface area contributed by atoms with E-state index >= 15 is 0 Å². The molecule has 1 aromatic carbocycles. The summed E-state index contributed by atoms with van der Waals surface area (Å²) < 4.78 is 7.19. The highest BCUT2D eigenvalue weighted by atomic mass is 16.5. The number of ketones is 1. The molecule has 0 saturated carbocycles. The molecule has 194 valence electrons. The zero-order valence-electron chi connectivity index (χ0n) is 20.9. The Morgan fingerprint density at radius 2 is 1.84 bits per heavy atom. The number of nitrogens with one attached hydrogen (secondary N) is 2. The molecule has 38 heavy (non-hydrogen) atoms. The van der Waals surface area contributed by atoms with Gasteiger partial charge in [0.2, 0.25) is 17.7 Å². The summed E-state index contributed by atoms with van der Waals surface area (Å²) in [6, 6.07) is 8.67. The summed E-state index contributed by atoms with van der Waals surface area (Å²) in [5.41, 5.74) is 5.65. The maximum Gasteiger partial charge on any atom is 0.244 e. The molecular formula is C26H27N9O3. The van der Waals surface area contributed by atoms with Gasteiger partial charge in [0.1, 0.15) is 18.8 Å². The van der Waals surface area contributed by atoms with Gasteiger partial charge in [-0.2, -0.15) is 15.4 Å². The number of aromatic amines is 1. The molecule has 3 aromatic heterocycles. The molecular weight excluding hydrogens is 486 g/mol. The van der Waals surface area contributed by atoms with Crippen molar-refractivity contribution >= 4 is 17.6 Å². The van der Waals surface area contributed by atoms with E-state index in [2.05, 4.69) is 60.1 Å². The van der Waals surface area contributed by atoms with Crippen LogP contribution < -0.4 is 10.1 Å². The highest BCUT2D eigenvalue weighted by Gasteiger charge is 2.25. The standard InChI is InChI=1S/C26H27N9O3/c1-16(36)15-38-25-21(12-35(32-25)14-24(37)34-7-6-22-23(13-34)31-33-30-22)19-10-27-26(28-11-19)29-20-8-17-4-2-3-5-18(17)9-20/h2-5,10-12,20H,6-9,13-15H2,1H3,(H,27,28,29)(H,30,31,33). The molecule has 0 fully saturated rings. The third-order valence-electron chi connectivity index (χ3n) is 6.80. The summed E-state index contributed by atoms with van der Waals surface area (Å²) in [4.78, 5) is 35.3. The van der Waals surface area contributed by atoms with Crippen molar-refractivity contribution in [1.29, 1.82) is 0 Å². The molecule has 1 amide bonds. The van der Waals surface area contributed by atoms with E-state index in [0.29, 0.717) is 36.6 Å². The van der Waals surface area contributed by atoms with Gasteiger partial charge in [-0.3, -0.25) is 14.3 Å². The van der Waals surface area contributed by atoms with Crippen molar-refractivity contribution in [3.8, 4) is 17.0 Å². The van der Waals surface area contributed by atoms with Gasteiger partial charge in [-0.15, -0.1) is 5.10 Å². The van der Waals surface area contributed by atoms with E-state index in [0.717, 1.165) is 24.2 Å². The number of anilines is 1. The highest BCUT2D eigenvalue weighted by Crippen LogP contribution is 2.29. The third-order valence-corrected chi connectivity index (χ3v) is 6.80. The molecule has 12 nitrogen and oxygen atoms in total. The molecule has 12 heteroatoms. The molecule has 6 rings (SSSR count). The van der Waals surface area contributed by atoms with Crippen molar-refractivity contribution in [1.82, 2.24) is 40.1 Å². The second-order valence-electron chi connectivity index (χ2n) is 9.63. The van der Waals surface area contributed by atoms with Gasteiger partial charge in [-0.25, -0.2) is 9.97 Å². The van der Waals surface area contributed by atoms with Gasteiger partial charge in [0, 0.05) is 43.2 Å². The van der Waals surface area contributed by atoms with Crippen molar-refractivity contribution in [3.63, 3.8) is 0 Å². The van der Waals surface area contributed by atoms with Crippen molar-refractivity contribution in [2.24, 2.45) is 0 Å². The van der Waals surface area contributed by atoms with Gasteiger partial charge in [0.05, 0.1) is 17.8 Å². The molecule has 1 aliphatic carbocycles. The second-order valence-corrected chi connectivity index (χ2v) is 9.63. The summed E-state index contributed by atoms with van der Waals surface area (Å²) in [6.45, 7) is 2.31. The van der Waals surface area contributed by atoms with E-state index in [9.17, 15) is 9.59 Å². The van der Waals surface area contributed by atoms with E-state index in [-0.39, 0.29) is 36.8 Å². The van der Waals surface area contributed by atoms with Crippen molar-refractivity contribution in [2.45, 2.75) is 45.3 Å². The van der Waals surface area contributed by atoms with Crippen LogP contribution in [-0.4, -0.2) is 70.9 Å². The monoisotopic (exact) mass is 513 g/mol. The number of fused-ring (bicyclic) bond motifs is 2. The number of nitrogens with zero attached hydrogens (tertiary/aromatic N) is 7. The first kappa shape index (κ1) is 23.8. The van der Waals surface area contributed by atoms with Crippen LogP contribution in [0.3, 0.4) is 0 Å². The summed E-state index contributed by atoms with van der Waals surface area (Å²) in [5.74, 6) is 0.560. The lowest BCUT2D eigenvalue weighted by Gasteiger charge is -2.25. The largest absolute Gasteiger partial charge is 0.468 e. The van der Waals surface area contributed by atoms with Gasteiger partial charge in [0.15, 0.2) is 5.78 Å². The Balaban J connectivity index is 1.16. The Morgan fingerprint density at radius 1 is 1.11 bits per heavy atom. The Morgan fingerprint density at radius 3 is 2.58 bits per heavy atom. The van der Waals surface area contributed by atoms with Crippen LogP contribution in [0.2, 0.25) is 0 Å². The number of benzene rings is 1. The average Bonchev–Trinajstić information content (AvgIpc) is 3.65. The predicted molar refractivity (Wildman–Crippen MR) is 136 cm³/mol. The van der Waals surface area contributed by atoms with Crippen molar-refractivity contribution in [2.75, 3.05) is 18.5 Å². The number of carbonyl (C=O) groups excluding carboxylic acids is 2. The predicted octanol–water partition coefficient (Wildman–Crippen LogP) is 1.59. The minimum absolute atomic E-state index is 0.0202. The minimum Gasteiger partial charge on any atom is -0.468 e. The molecule has 2 N–H and O–H groups in total. The fraction of sp³-hybridized carbons (Fsp3) is 0.346. The number of ether oxygens (including phenoxy) is 1. The maximum atomic E-state index is 13.0. The van der Waals surface area contributed by atoms with E-state index in [1.54, 1.807) is 23.5 Å². The number of rotatable bonds is 8. The first-order valence-electron chi connectivity index (χ1n) is 12.5. The SMILES string of the molecule is CC(=O)COc1nn(CC(=O)N2CCc3n[nH]nc3C2)cc1-c1cnc(NC2Cc3ccccc3C2)nc1. The van der Waals surface area contributed by atoms with E-state index in [1.165, 1.54) is 22.7 Å². The van der Waals surface area contributed by atoms with Crippen LogP contribution in [0.15, 0.2) is 42.9 Å². The zero-order chi connectivity index (χ0) is 26.1. The van der Waals surface area contributed by atoms with Gasteiger partial charge in [0.25, 0.3) is 0 Å². The van der Waals surface area contributed by atoms with Crippen LogP contribution in [0, 0.1) is 0 Å². The molecule has 4 aromatic rings.